The number of benzene rings is 2. The fourth-order valence-electron chi connectivity index (χ4n) is 1.87. The summed E-state index contributed by atoms with van der Waals surface area (Å²) >= 11 is 0. The molecule has 2 aromatic rings. The van der Waals surface area contributed by atoms with E-state index in [4.69, 9.17) is 4.74 Å². The number of nitrogens with one attached hydrogen (secondary N) is 1. The minimum absolute atomic E-state index is 0.377. The van der Waals surface area contributed by atoms with Crippen molar-refractivity contribution in [1.82, 2.24) is 0 Å². The van der Waals surface area contributed by atoms with Crippen molar-refractivity contribution in [2.24, 2.45) is 0 Å². The zero-order valence-electron chi connectivity index (χ0n) is 11.8. The minimum atomic E-state index is -3.96. The molecule has 112 valence electrons. The Morgan fingerprint density at radius 3 is 2.52 bits per heavy atom. The molecule has 0 fully saturated rings. The number of ether oxygens (including phenoxy) is 1. The molecule has 0 saturated heterocycles. The highest BCUT2D eigenvalue weighted by molar-refractivity contribution is 7.92. The summed E-state index contributed by atoms with van der Waals surface area (Å²) in [5.41, 5.74) is 1.09. The molecule has 4 nitrogen and oxygen atoms in total. The minimum Gasteiger partial charge on any atom is -0.494 e. The first-order valence-electron chi connectivity index (χ1n) is 6.45. The zero-order valence-corrected chi connectivity index (χ0v) is 12.6. The number of halogens is 1. The first-order valence-corrected chi connectivity index (χ1v) is 7.93. The Bertz CT molecular complexity index is 744. The van der Waals surface area contributed by atoms with Crippen molar-refractivity contribution < 1.29 is 17.5 Å². The van der Waals surface area contributed by atoms with Crippen molar-refractivity contribution in [2.45, 2.75) is 18.7 Å². The summed E-state index contributed by atoms with van der Waals surface area (Å²) in [4.78, 5) is -0.377. The smallest absolute Gasteiger partial charge is 0.264 e. The van der Waals surface area contributed by atoms with Crippen LogP contribution in [0.1, 0.15) is 12.5 Å². The molecular formula is C15H16FNO3S. The molecule has 0 radical (unpaired) electrons. The van der Waals surface area contributed by atoms with Crippen LogP contribution in [0.25, 0.3) is 0 Å². The highest BCUT2D eigenvalue weighted by atomic mass is 32.2. The number of aryl methyl sites for hydroxylation is 1. The molecule has 0 aliphatic heterocycles. The average Bonchev–Trinajstić information content (AvgIpc) is 2.42. The number of rotatable bonds is 5. The molecule has 0 amide bonds. The Hall–Kier alpha value is -2.08. The van der Waals surface area contributed by atoms with E-state index in [1.54, 1.807) is 25.1 Å². The maximum atomic E-state index is 13.6. The van der Waals surface area contributed by atoms with Crippen molar-refractivity contribution in [2.75, 3.05) is 11.3 Å². The van der Waals surface area contributed by atoms with E-state index in [0.29, 0.717) is 23.6 Å². The largest absolute Gasteiger partial charge is 0.494 e. The molecule has 0 spiro atoms. The molecule has 0 unspecified atom stereocenters. The summed E-state index contributed by atoms with van der Waals surface area (Å²) in [5, 5.41) is 0. The lowest BCUT2D eigenvalue weighted by atomic mass is 10.2. The van der Waals surface area contributed by atoms with Crippen LogP contribution in [0, 0.1) is 12.7 Å². The first kappa shape index (κ1) is 15.3. The van der Waals surface area contributed by atoms with Crippen molar-refractivity contribution in [1.29, 1.82) is 0 Å². The fraction of sp³-hybridized carbons (Fsp3) is 0.200. The van der Waals surface area contributed by atoms with E-state index >= 15 is 0 Å². The van der Waals surface area contributed by atoms with Gasteiger partial charge in [0.25, 0.3) is 10.0 Å². The Morgan fingerprint density at radius 2 is 1.90 bits per heavy atom. The van der Waals surface area contributed by atoms with E-state index in [-0.39, 0.29) is 4.90 Å². The van der Waals surface area contributed by atoms with E-state index in [9.17, 15) is 12.8 Å². The topological polar surface area (TPSA) is 55.4 Å². The average molecular weight is 309 g/mol. The third-order valence-corrected chi connectivity index (χ3v) is 4.28. The highest BCUT2D eigenvalue weighted by Gasteiger charge is 2.19. The molecule has 0 aliphatic rings. The van der Waals surface area contributed by atoms with Crippen molar-refractivity contribution in [3.8, 4) is 5.75 Å². The molecule has 0 aliphatic carbocycles. The second-order valence-electron chi connectivity index (χ2n) is 4.45. The quantitative estimate of drug-likeness (QED) is 0.921. The molecule has 0 atom stereocenters. The van der Waals surface area contributed by atoms with Gasteiger partial charge in [0.05, 0.1) is 12.3 Å². The van der Waals surface area contributed by atoms with Crippen LogP contribution in [-0.2, 0) is 10.0 Å². The third kappa shape index (κ3) is 3.52. The molecule has 0 heterocycles. The van der Waals surface area contributed by atoms with E-state index in [0.717, 1.165) is 6.07 Å². The monoisotopic (exact) mass is 309 g/mol. The van der Waals surface area contributed by atoms with Crippen LogP contribution in [0.15, 0.2) is 47.4 Å². The number of anilines is 1. The van der Waals surface area contributed by atoms with E-state index in [1.807, 2.05) is 6.92 Å². The SMILES string of the molecule is CCOc1ccc(NS(=O)(=O)c2ccccc2F)c(C)c1. The van der Waals surface area contributed by atoms with Crippen molar-refractivity contribution >= 4 is 15.7 Å². The van der Waals surface area contributed by atoms with Crippen LogP contribution in [0.4, 0.5) is 10.1 Å². The summed E-state index contributed by atoms with van der Waals surface area (Å²) < 4.78 is 45.7. The summed E-state index contributed by atoms with van der Waals surface area (Å²) in [6, 6.07) is 10.2. The molecule has 0 saturated carbocycles. The molecule has 0 bridgehead atoms. The van der Waals surface area contributed by atoms with Gasteiger partial charge in [-0.1, -0.05) is 12.1 Å². The highest BCUT2D eigenvalue weighted by Crippen LogP contribution is 2.24. The molecule has 2 aromatic carbocycles. The van der Waals surface area contributed by atoms with Crippen molar-refractivity contribution in [3.63, 3.8) is 0 Å². The van der Waals surface area contributed by atoms with Gasteiger partial charge in [-0.05, 0) is 49.7 Å². The van der Waals surface area contributed by atoms with Crippen LogP contribution in [-0.4, -0.2) is 15.0 Å². The maximum absolute atomic E-state index is 13.6. The molecule has 1 N–H and O–H groups in total. The second-order valence-corrected chi connectivity index (χ2v) is 6.10. The van der Waals surface area contributed by atoms with E-state index < -0.39 is 15.8 Å². The van der Waals surface area contributed by atoms with Crippen LogP contribution >= 0.6 is 0 Å². The molecule has 6 heteroatoms. The van der Waals surface area contributed by atoms with Crippen LogP contribution in [0.2, 0.25) is 0 Å². The lowest BCUT2D eigenvalue weighted by Crippen LogP contribution is -2.15. The van der Waals surface area contributed by atoms with E-state index in [2.05, 4.69) is 4.72 Å². The normalized spacial score (nSPS) is 11.2. The predicted octanol–water partition coefficient (Wildman–Crippen LogP) is 3.33. The maximum Gasteiger partial charge on any atom is 0.264 e. The lowest BCUT2D eigenvalue weighted by molar-refractivity contribution is 0.340. The number of sulfonamides is 1. The van der Waals surface area contributed by atoms with Crippen LogP contribution in [0.3, 0.4) is 0 Å². The van der Waals surface area contributed by atoms with Crippen LogP contribution in [0.5, 0.6) is 5.75 Å². The second kappa shape index (κ2) is 6.13. The van der Waals surface area contributed by atoms with Crippen molar-refractivity contribution in [3.05, 3.63) is 53.8 Å². The summed E-state index contributed by atoms with van der Waals surface area (Å²) in [7, 11) is -3.96. The fourth-order valence-corrected chi connectivity index (χ4v) is 3.08. The van der Waals surface area contributed by atoms with Gasteiger partial charge >= 0.3 is 0 Å². The van der Waals surface area contributed by atoms with Gasteiger partial charge in [-0.2, -0.15) is 0 Å². The van der Waals surface area contributed by atoms with Gasteiger partial charge in [-0.25, -0.2) is 12.8 Å². The van der Waals surface area contributed by atoms with Gasteiger partial charge < -0.3 is 4.74 Å². The lowest BCUT2D eigenvalue weighted by Gasteiger charge is -2.12. The molecule has 2 rings (SSSR count). The van der Waals surface area contributed by atoms with Gasteiger partial charge in [-0.15, -0.1) is 0 Å². The van der Waals surface area contributed by atoms with Gasteiger partial charge in [0.1, 0.15) is 16.5 Å². The Kier molecular flexibility index (Phi) is 4.47. The Labute approximate surface area is 123 Å². The molecular weight excluding hydrogens is 293 g/mol. The van der Waals surface area contributed by atoms with Crippen LogP contribution < -0.4 is 9.46 Å². The van der Waals surface area contributed by atoms with Gasteiger partial charge in [0, 0.05) is 0 Å². The third-order valence-electron chi connectivity index (χ3n) is 2.88. The predicted molar refractivity (Wildman–Crippen MR) is 79.6 cm³/mol. The van der Waals surface area contributed by atoms with Gasteiger partial charge in [0.2, 0.25) is 0 Å². The van der Waals surface area contributed by atoms with E-state index in [1.165, 1.54) is 18.2 Å². The number of hydrogen-bond donors (Lipinski definition) is 1. The molecule has 0 aromatic heterocycles. The molecule has 21 heavy (non-hydrogen) atoms. The summed E-state index contributed by atoms with van der Waals surface area (Å²) in [6.07, 6.45) is 0. The standard InChI is InChI=1S/C15H16FNO3S/c1-3-20-12-8-9-14(11(2)10-12)17-21(18,19)15-7-5-4-6-13(15)16/h4-10,17H,3H2,1-2H3. The zero-order chi connectivity index (χ0) is 15.5. The first-order chi connectivity index (χ1) is 9.94. The summed E-state index contributed by atoms with van der Waals surface area (Å²) in [6.45, 7) is 4.14. The Morgan fingerprint density at radius 1 is 1.19 bits per heavy atom. The summed E-state index contributed by atoms with van der Waals surface area (Å²) in [5.74, 6) is -0.127. The Balaban J connectivity index is 2.31. The van der Waals surface area contributed by atoms with Gasteiger partial charge in [0.15, 0.2) is 0 Å². The van der Waals surface area contributed by atoms with Gasteiger partial charge in [-0.3, -0.25) is 4.72 Å². The number of hydrogen-bond acceptors (Lipinski definition) is 3.